The Hall–Kier alpha value is -2.44. The molecule has 0 saturated heterocycles. The van der Waals surface area contributed by atoms with E-state index in [1.54, 1.807) is 12.3 Å². The predicted octanol–water partition coefficient (Wildman–Crippen LogP) is 0.387. The molecular formula is C11H11N3O4. The number of hydrogen-bond donors (Lipinski definition) is 1. The first-order chi connectivity index (χ1) is 8.69. The van der Waals surface area contributed by atoms with Crippen molar-refractivity contribution in [3.63, 3.8) is 0 Å². The molecule has 1 N–H and O–H groups in total. The second kappa shape index (κ2) is 4.82. The van der Waals surface area contributed by atoms with Crippen LogP contribution in [0.15, 0.2) is 18.6 Å². The predicted molar refractivity (Wildman–Crippen MR) is 60.7 cm³/mol. The maximum Gasteiger partial charge on any atom is 0.326 e. The summed E-state index contributed by atoms with van der Waals surface area (Å²) in [7, 11) is 2.40. The summed E-state index contributed by atoms with van der Waals surface area (Å²) < 4.78 is 9.21. The minimum atomic E-state index is -1.21. The molecule has 7 heteroatoms. The zero-order chi connectivity index (χ0) is 13.1. The number of rotatable bonds is 3. The standard InChI is InChI=1S/C11H11N3O4/c1-17-10(15)7(11(16)18-2)8-6-3-4-12-9(6)14-5-13-8/h3-5,7H,1-2H3,(H,12,13,14). The van der Waals surface area contributed by atoms with Gasteiger partial charge in [0, 0.05) is 11.6 Å². The molecule has 0 aromatic carbocycles. The van der Waals surface area contributed by atoms with Crippen molar-refractivity contribution in [1.82, 2.24) is 15.0 Å². The van der Waals surface area contributed by atoms with Gasteiger partial charge in [-0.25, -0.2) is 9.97 Å². The highest BCUT2D eigenvalue weighted by Gasteiger charge is 2.33. The number of esters is 2. The third-order valence-electron chi connectivity index (χ3n) is 2.53. The molecule has 0 aliphatic rings. The van der Waals surface area contributed by atoms with E-state index in [2.05, 4.69) is 24.4 Å². The fraction of sp³-hybridized carbons (Fsp3) is 0.273. The quantitative estimate of drug-likeness (QED) is 0.624. The lowest BCUT2D eigenvalue weighted by atomic mass is 10.0. The summed E-state index contributed by atoms with van der Waals surface area (Å²) in [5.41, 5.74) is 0.803. The first-order valence-electron chi connectivity index (χ1n) is 5.12. The number of nitrogens with one attached hydrogen (secondary N) is 1. The molecule has 0 aliphatic carbocycles. The Labute approximate surface area is 102 Å². The molecule has 94 valence electrons. The number of carbonyl (C=O) groups excluding carboxylic acids is 2. The highest BCUT2D eigenvalue weighted by atomic mass is 16.5. The molecule has 0 unspecified atom stereocenters. The van der Waals surface area contributed by atoms with E-state index in [1.807, 2.05) is 0 Å². The van der Waals surface area contributed by atoms with E-state index < -0.39 is 17.9 Å². The minimum Gasteiger partial charge on any atom is -0.468 e. The van der Waals surface area contributed by atoms with E-state index in [-0.39, 0.29) is 5.69 Å². The van der Waals surface area contributed by atoms with Crippen LogP contribution in [0.3, 0.4) is 0 Å². The zero-order valence-electron chi connectivity index (χ0n) is 9.84. The van der Waals surface area contributed by atoms with E-state index in [4.69, 9.17) is 0 Å². The maximum atomic E-state index is 11.7. The first kappa shape index (κ1) is 12.0. The van der Waals surface area contributed by atoms with Crippen molar-refractivity contribution >= 4 is 23.0 Å². The molecule has 2 aromatic heterocycles. The number of aromatic amines is 1. The van der Waals surface area contributed by atoms with Gasteiger partial charge in [0.15, 0.2) is 5.92 Å². The molecule has 0 spiro atoms. The van der Waals surface area contributed by atoms with E-state index in [1.165, 1.54) is 20.5 Å². The number of aromatic nitrogens is 3. The van der Waals surface area contributed by atoms with Gasteiger partial charge in [0.1, 0.15) is 12.0 Å². The van der Waals surface area contributed by atoms with Gasteiger partial charge in [-0.15, -0.1) is 0 Å². The van der Waals surface area contributed by atoms with Crippen LogP contribution in [0.1, 0.15) is 11.6 Å². The Kier molecular flexibility index (Phi) is 3.22. The summed E-state index contributed by atoms with van der Waals surface area (Å²) in [4.78, 5) is 34.2. The topological polar surface area (TPSA) is 94.2 Å². The van der Waals surface area contributed by atoms with Crippen molar-refractivity contribution in [2.24, 2.45) is 0 Å². The minimum absolute atomic E-state index is 0.264. The van der Waals surface area contributed by atoms with E-state index in [9.17, 15) is 9.59 Å². The summed E-state index contributed by atoms with van der Waals surface area (Å²) in [6.45, 7) is 0. The van der Waals surface area contributed by atoms with Crippen LogP contribution in [0, 0.1) is 0 Å². The SMILES string of the molecule is COC(=O)C(C(=O)OC)c1ncnc2[nH]ccc12. The third-order valence-corrected chi connectivity index (χ3v) is 2.53. The Balaban J connectivity index is 2.57. The molecule has 0 amide bonds. The lowest BCUT2D eigenvalue weighted by Crippen LogP contribution is -2.25. The second-order valence-electron chi connectivity index (χ2n) is 3.48. The summed E-state index contributed by atoms with van der Waals surface area (Å²) in [5.74, 6) is -2.65. The average Bonchev–Trinajstić information content (AvgIpc) is 2.87. The monoisotopic (exact) mass is 249 g/mol. The Morgan fingerprint density at radius 3 is 2.50 bits per heavy atom. The number of carbonyl (C=O) groups is 2. The second-order valence-corrected chi connectivity index (χ2v) is 3.48. The molecule has 0 atom stereocenters. The van der Waals surface area contributed by atoms with Gasteiger partial charge in [0.25, 0.3) is 0 Å². The molecule has 0 fully saturated rings. The van der Waals surface area contributed by atoms with E-state index >= 15 is 0 Å². The molecule has 2 heterocycles. The molecule has 7 nitrogen and oxygen atoms in total. The summed E-state index contributed by atoms with van der Waals surface area (Å²) in [5, 5.41) is 0.582. The van der Waals surface area contributed by atoms with Crippen LogP contribution in [0.5, 0.6) is 0 Å². The smallest absolute Gasteiger partial charge is 0.326 e. The van der Waals surface area contributed by atoms with Crippen LogP contribution >= 0.6 is 0 Å². The molecule has 0 saturated carbocycles. The van der Waals surface area contributed by atoms with Crippen molar-refractivity contribution in [3.8, 4) is 0 Å². The fourth-order valence-corrected chi connectivity index (χ4v) is 1.68. The molecule has 2 aromatic rings. The van der Waals surface area contributed by atoms with Crippen LogP contribution in [0.25, 0.3) is 11.0 Å². The normalized spacial score (nSPS) is 10.6. The summed E-state index contributed by atoms with van der Waals surface area (Å²) >= 11 is 0. The van der Waals surface area contributed by atoms with Crippen molar-refractivity contribution in [1.29, 1.82) is 0 Å². The van der Waals surface area contributed by atoms with Gasteiger partial charge < -0.3 is 14.5 Å². The first-order valence-corrected chi connectivity index (χ1v) is 5.12. The molecule has 0 bridgehead atoms. The largest absolute Gasteiger partial charge is 0.468 e. The van der Waals surface area contributed by atoms with Crippen molar-refractivity contribution < 1.29 is 19.1 Å². The van der Waals surface area contributed by atoms with Crippen LogP contribution in [0.2, 0.25) is 0 Å². The Bertz CT molecular complexity index is 577. The van der Waals surface area contributed by atoms with Crippen LogP contribution in [-0.2, 0) is 19.1 Å². The lowest BCUT2D eigenvalue weighted by molar-refractivity contribution is -0.154. The van der Waals surface area contributed by atoms with Gasteiger partial charge in [0.05, 0.1) is 19.9 Å². The third kappa shape index (κ3) is 1.90. The highest BCUT2D eigenvalue weighted by Crippen LogP contribution is 2.23. The van der Waals surface area contributed by atoms with Gasteiger partial charge in [-0.2, -0.15) is 0 Å². The number of methoxy groups -OCH3 is 2. The van der Waals surface area contributed by atoms with Crippen LogP contribution in [-0.4, -0.2) is 41.1 Å². The maximum absolute atomic E-state index is 11.7. The van der Waals surface area contributed by atoms with E-state index in [0.29, 0.717) is 11.0 Å². The van der Waals surface area contributed by atoms with Gasteiger partial charge in [-0.1, -0.05) is 0 Å². The molecule has 18 heavy (non-hydrogen) atoms. The molecule has 0 radical (unpaired) electrons. The Morgan fingerprint density at radius 2 is 1.89 bits per heavy atom. The lowest BCUT2D eigenvalue weighted by Gasteiger charge is -2.12. The van der Waals surface area contributed by atoms with E-state index in [0.717, 1.165) is 0 Å². The summed E-state index contributed by atoms with van der Waals surface area (Å²) in [6, 6.07) is 1.68. The number of fused-ring (bicyclic) bond motifs is 1. The van der Waals surface area contributed by atoms with Crippen molar-refractivity contribution in [2.45, 2.75) is 5.92 Å². The number of H-pyrrole nitrogens is 1. The number of ether oxygens (including phenoxy) is 2. The molecular weight excluding hydrogens is 238 g/mol. The Morgan fingerprint density at radius 1 is 1.22 bits per heavy atom. The zero-order valence-corrected chi connectivity index (χ0v) is 9.84. The van der Waals surface area contributed by atoms with Crippen molar-refractivity contribution in [3.05, 3.63) is 24.3 Å². The number of hydrogen-bond acceptors (Lipinski definition) is 6. The summed E-state index contributed by atoms with van der Waals surface area (Å²) in [6.07, 6.45) is 2.92. The van der Waals surface area contributed by atoms with Crippen molar-refractivity contribution in [2.75, 3.05) is 14.2 Å². The van der Waals surface area contributed by atoms with Crippen LogP contribution < -0.4 is 0 Å². The highest BCUT2D eigenvalue weighted by molar-refractivity contribution is 6.03. The molecule has 2 rings (SSSR count). The fourth-order valence-electron chi connectivity index (χ4n) is 1.68. The van der Waals surface area contributed by atoms with Gasteiger partial charge in [-0.05, 0) is 6.07 Å². The molecule has 0 aliphatic heterocycles. The van der Waals surface area contributed by atoms with Gasteiger partial charge >= 0.3 is 11.9 Å². The average molecular weight is 249 g/mol. The van der Waals surface area contributed by atoms with Crippen LogP contribution in [0.4, 0.5) is 0 Å². The number of nitrogens with zero attached hydrogens (tertiary/aromatic N) is 2. The van der Waals surface area contributed by atoms with Gasteiger partial charge in [-0.3, -0.25) is 9.59 Å². The van der Waals surface area contributed by atoms with Gasteiger partial charge in [0.2, 0.25) is 0 Å².